The first-order valence-electron chi connectivity index (χ1n) is 7.91. The van der Waals surface area contributed by atoms with Gasteiger partial charge in [0.15, 0.2) is 0 Å². The standard InChI is InChI=1S/C17H23ClN2O/c1-4-21-15-10-6-9-14-16(15)19-17(11(2)18)20(14)12(3)13-7-5-8-13/h6,9-13H,4-5,7-8H2,1-3H3. The Hall–Kier alpha value is -1.22. The molecule has 21 heavy (non-hydrogen) atoms. The predicted octanol–water partition coefficient (Wildman–Crippen LogP) is 5.10. The average molecular weight is 307 g/mol. The molecule has 1 aromatic heterocycles. The van der Waals surface area contributed by atoms with E-state index in [-0.39, 0.29) is 5.38 Å². The van der Waals surface area contributed by atoms with Crippen molar-refractivity contribution in [1.29, 1.82) is 0 Å². The number of nitrogens with zero attached hydrogens (tertiary/aromatic N) is 2. The summed E-state index contributed by atoms with van der Waals surface area (Å²) in [5.74, 6) is 2.55. The highest BCUT2D eigenvalue weighted by Gasteiger charge is 2.29. The van der Waals surface area contributed by atoms with Gasteiger partial charge in [0.1, 0.15) is 17.1 Å². The van der Waals surface area contributed by atoms with Crippen molar-refractivity contribution >= 4 is 22.6 Å². The first kappa shape index (κ1) is 14.7. The molecule has 0 aliphatic heterocycles. The van der Waals surface area contributed by atoms with Crippen LogP contribution in [-0.4, -0.2) is 16.2 Å². The number of fused-ring (bicyclic) bond motifs is 1. The van der Waals surface area contributed by atoms with Crippen LogP contribution in [0, 0.1) is 5.92 Å². The van der Waals surface area contributed by atoms with Gasteiger partial charge in [-0.05, 0) is 51.7 Å². The molecule has 0 bridgehead atoms. The highest BCUT2D eigenvalue weighted by Crippen LogP contribution is 2.40. The summed E-state index contributed by atoms with van der Waals surface area (Å²) in [5, 5.41) is -0.102. The van der Waals surface area contributed by atoms with Crippen molar-refractivity contribution in [2.24, 2.45) is 5.92 Å². The number of rotatable bonds is 5. The van der Waals surface area contributed by atoms with Gasteiger partial charge in [-0.3, -0.25) is 0 Å². The minimum Gasteiger partial charge on any atom is -0.492 e. The molecule has 1 aliphatic rings. The van der Waals surface area contributed by atoms with Crippen LogP contribution >= 0.6 is 11.6 Å². The second-order valence-corrected chi connectivity index (χ2v) is 6.60. The smallest absolute Gasteiger partial charge is 0.147 e. The van der Waals surface area contributed by atoms with Crippen molar-refractivity contribution in [3.63, 3.8) is 0 Å². The maximum Gasteiger partial charge on any atom is 0.147 e. The molecule has 2 atom stereocenters. The third kappa shape index (κ3) is 2.52. The fourth-order valence-electron chi connectivity index (χ4n) is 3.22. The van der Waals surface area contributed by atoms with Gasteiger partial charge < -0.3 is 9.30 Å². The van der Waals surface area contributed by atoms with E-state index in [1.165, 1.54) is 19.3 Å². The summed E-state index contributed by atoms with van der Waals surface area (Å²) in [6.07, 6.45) is 3.96. The predicted molar refractivity (Wildman–Crippen MR) is 87.2 cm³/mol. The number of hydrogen-bond acceptors (Lipinski definition) is 2. The Kier molecular flexibility index (Phi) is 4.12. The molecule has 114 valence electrons. The summed E-state index contributed by atoms with van der Waals surface area (Å²) in [6, 6.07) is 6.60. The molecular formula is C17H23ClN2O. The lowest BCUT2D eigenvalue weighted by Crippen LogP contribution is -2.24. The second-order valence-electron chi connectivity index (χ2n) is 5.94. The first-order valence-corrected chi connectivity index (χ1v) is 8.34. The molecule has 1 aliphatic carbocycles. The van der Waals surface area contributed by atoms with Gasteiger partial charge >= 0.3 is 0 Å². The van der Waals surface area contributed by atoms with E-state index in [2.05, 4.69) is 17.6 Å². The summed E-state index contributed by atoms with van der Waals surface area (Å²) in [6.45, 7) is 6.93. The summed E-state index contributed by atoms with van der Waals surface area (Å²) in [7, 11) is 0. The zero-order chi connectivity index (χ0) is 15.0. The highest BCUT2D eigenvalue weighted by molar-refractivity contribution is 6.20. The van der Waals surface area contributed by atoms with Gasteiger partial charge in [0.25, 0.3) is 0 Å². The number of aromatic nitrogens is 2. The summed E-state index contributed by atoms with van der Waals surface area (Å²) < 4.78 is 8.06. The maximum atomic E-state index is 6.40. The SMILES string of the molecule is CCOc1cccc2c1nc(C(C)Cl)n2C(C)C1CCC1. The van der Waals surface area contributed by atoms with Crippen molar-refractivity contribution in [2.45, 2.75) is 51.5 Å². The van der Waals surface area contributed by atoms with Crippen molar-refractivity contribution in [2.75, 3.05) is 6.61 Å². The quantitative estimate of drug-likeness (QED) is 0.719. The minimum atomic E-state index is -0.102. The van der Waals surface area contributed by atoms with Crippen LogP contribution in [-0.2, 0) is 0 Å². The van der Waals surface area contributed by atoms with E-state index in [9.17, 15) is 0 Å². The number of alkyl halides is 1. The molecule has 0 radical (unpaired) electrons. The van der Waals surface area contributed by atoms with Crippen LogP contribution in [0.2, 0.25) is 0 Å². The van der Waals surface area contributed by atoms with Crippen LogP contribution in [0.25, 0.3) is 11.0 Å². The van der Waals surface area contributed by atoms with E-state index in [4.69, 9.17) is 21.3 Å². The zero-order valence-electron chi connectivity index (χ0n) is 13.0. The molecule has 0 spiro atoms. The highest BCUT2D eigenvalue weighted by atomic mass is 35.5. The Balaban J connectivity index is 2.15. The van der Waals surface area contributed by atoms with Crippen LogP contribution in [0.3, 0.4) is 0 Å². The topological polar surface area (TPSA) is 27.1 Å². The molecule has 2 unspecified atom stereocenters. The molecule has 2 aromatic rings. The monoisotopic (exact) mass is 306 g/mol. The molecule has 0 amide bonds. The second kappa shape index (κ2) is 5.88. The van der Waals surface area contributed by atoms with E-state index >= 15 is 0 Å². The number of para-hydroxylation sites is 1. The van der Waals surface area contributed by atoms with Gasteiger partial charge in [0, 0.05) is 6.04 Å². The number of imidazole rings is 1. The first-order chi connectivity index (χ1) is 10.1. The Morgan fingerprint density at radius 1 is 1.38 bits per heavy atom. The van der Waals surface area contributed by atoms with Crippen LogP contribution in [0.5, 0.6) is 5.75 Å². The third-order valence-electron chi connectivity index (χ3n) is 4.61. The van der Waals surface area contributed by atoms with E-state index in [1.807, 2.05) is 26.0 Å². The Morgan fingerprint density at radius 2 is 2.14 bits per heavy atom. The van der Waals surface area contributed by atoms with Crippen LogP contribution < -0.4 is 4.74 Å². The van der Waals surface area contributed by atoms with Crippen LogP contribution in [0.4, 0.5) is 0 Å². The third-order valence-corrected chi connectivity index (χ3v) is 4.80. The van der Waals surface area contributed by atoms with Crippen molar-refractivity contribution in [1.82, 2.24) is 9.55 Å². The number of hydrogen-bond donors (Lipinski definition) is 0. The lowest BCUT2D eigenvalue weighted by molar-refractivity contribution is 0.223. The van der Waals surface area contributed by atoms with E-state index in [1.54, 1.807) is 0 Å². The number of halogens is 1. The molecule has 1 heterocycles. The van der Waals surface area contributed by atoms with Crippen molar-refractivity contribution in [3.8, 4) is 5.75 Å². The van der Waals surface area contributed by atoms with Gasteiger partial charge in [0.05, 0.1) is 17.5 Å². The molecule has 3 nitrogen and oxygen atoms in total. The van der Waals surface area contributed by atoms with Gasteiger partial charge in [-0.1, -0.05) is 12.5 Å². The molecule has 3 rings (SSSR count). The Morgan fingerprint density at radius 3 is 2.71 bits per heavy atom. The fourth-order valence-corrected chi connectivity index (χ4v) is 3.38. The Labute approximate surface area is 131 Å². The zero-order valence-corrected chi connectivity index (χ0v) is 13.7. The molecule has 1 aromatic carbocycles. The minimum absolute atomic E-state index is 0.102. The maximum absolute atomic E-state index is 6.40. The van der Waals surface area contributed by atoms with E-state index in [0.29, 0.717) is 12.6 Å². The fraction of sp³-hybridized carbons (Fsp3) is 0.588. The van der Waals surface area contributed by atoms with Crippen molar-refractivity contribution < 1.29 is 4.74 Å². The van der Waals surface area contributed by atoms with E-state index < -0.39 is 0 Å². The molecule has 1 fully saturated rings. The largest absolute Gasteiger partial charge is 0.492 e. The lowest BCUT2D eigenvalue weighted by Gasteiger charge is -2.33. The molecular weight excluding hydrogens is 284 g/mol. The van der Waals surface area contributed by atoms with Crippen molar-refractivity contribution in [3.05, 3.63) is 24.0 Å². The normalized spacial score (nSPS) is 18.5. The summed E-state index contributed by atoms with van der Waals surface area (Å²) in [5.41, 5.74) is 2.08. The lowest BCUT2D eigenvalue weighted by atomic mass is 9.80. The summed E-state index contributed by atoms with van der Waals surface area (Å²) in [4.78, 5) is 4.80. The number of benzene rings is 1. The average Bonchev–Trinajstić information content (AvgIpc) is 2.77. The van der Waals surface area contributed by atoms with Gasteiger partial charge in [0.2, 0.25) is 0 Å². The van der Waals surface area contributed by atoms with Gasteiger partial charge in [-0.15, -0.1) is 11.6 Å². The molecule has 4 heteroatoms. The molecule has 0 saturated heterocycles. The summed E-state index contributed by atoms with van der Waals surface area (Å²) >= 11 is 6.40. The molecule has 1 saturated carbocycles. The van der Waals surface area contributed by atoms with Crippen LogP contribution in [0.1, 0.15) is 57.3 Å². The van der Waals surface area contributed by atoms with Gasteiger partial charge in [-0.25, -0.2) is 4.98 Å². The Bertz CT molecular complexity index is 631. The molecule has 0 N–H and O–H groups in total. The van der Waals surface area contributed by atoms with Gasteiger partial charge in [-0.2, -0.15) is 0 Å². The number of ether oxygens (including phenoxy) is 1. The van der Waals surface area contributed by atoms with E-state index in [0.717, 1.165) is 28.5 Å². The van der Waals surface area contributed by atoms with Crippen LogP contribution in [0.15, 0.2) is 18.2 Å².